The van der Waals surface area contributed by atoms with Crippen LogP contribution in [0, 0.1) is 23.7 Å². The van der Waals surface area contributed by atoms with Crippen molar-refractivity contribution < 1.29 is 19.2 Å². The minimum Gasteiger partial charge on any atom is -0.342 e. The van der Waals surface area contributed by atoms with Crippen molar-refractivity contribution in [3.63, 3.8) is 0 Å². The van der Waals surface area contributed by atoms with Gasteiger partial charge in [0.15, 0.2) is 0 Å². The van der Waals surface area contributed by atoms with E-state index in [0.29, 0.717) is 29.8 Å². The number of hydrogen-bond acceptors (Lipinski definition) is 6. The van der Waals surface area contributed by atoms with Crippen LogP contribution in [-0.2, 0) is 20.9 Å². The van der Waals surface area contributed by atoms with E-state index in [4.69, 9.17) is 0 Å². The molecule has 1 aliphatic carbocycles. The quantitative estimate of drug-likeness (QED) is 0.282. The Hall–Kier alpha value is -2.98. The van der Waals surface area contributed by atoms with Gasteiger partial charge >= 0.3 is 0 Å². The molecule has 0 radical (unpaired) electrons. The topological polar surface area (TPSA) is 87.7 Å². The minimum absolute atomic E-state index is 0.172. The van der Waals surface area contributed by atoms with Gasteiger partial charge in [0, 0.05) is 100 Å². The summed E-state index contributed by atoms with van der Waals surface area (Å²) in [6.45, 7) is 44.4. The first-order chi connectivity index (χ1) is 31.4. The third-order valence-electron chi connectivity index (χ3n) is 13.6. The van der Waals surface area contributed by atoms with Gasteiger partial charge in [0.1, 0.15) is 0 Å². The lowest BCUT2D eigenvalue weighted by Gasteiger charge is -2.32. The number of amides is 4. The van der Waals surface area contributed by atoms with Crippen molar-refractivity contribution in [2.75, 3.05) is 58.9 Å². The van der Waals surface area contributed by atoms with Crippen molar-refractivity contribution in [3.05, 3.63) is 35.4 Å². The highest BCUT2D eigenvalue weighted by atomic mass is 16.2. The Morgan fingerprint density at radius 2 is 0.924 bits per heavy atom. The average Bonchev–Trinajstić information content (AvgIpc) is 4.11. The number of rotatable bonds is 6. The Labute approximate surface area is 407 Å². The Kier molecular flexibility index (Phi) is 31.0. The maximum atomic E-state index is 11.8. The average molecular weight is 925 g/mol. The molecule has 0 aromatic heterocycles. The molecule has 7 aliphatic rings. The van der Waals surface area contributed by atoms with Crippen LogP contribution in [0.2, 0.25) is 0 Å². The number of carbonyl (C=O) groups excluding carboxylic acids is 4. The number of benzene rings is 1. The molecule has 6 heterocycles. The third-order valence-corrected chi connectivity index (χ3v) is 13.6. The van der Waals surface area contributed by atoms with Gasteiger partial charge in [0.2, 0.25) is 17.7 Å². The second-order valence-corrected chi connectivity index (χ2v) is 20.5. The Bertz CT molecular complexity index is 1470. The van der Waals surface area contributed by atoms with E-state index < -0.39 is 0 Å². The Balaban J connectivity index is 0.000000392. The number of piperidine rings is 2. The molecule has 10 nitrogen and oxygen atoms in total. The van der Waals surface area contributed by atoms with E-state index in [0.717, 1.165) is 87.2 Å². The predicted molar refractivity (Wildman–Crippen MR) is 280 cm³/mol. The van der Waals surface area contributed by atoms with Gasteiger partial charge in [-0.3, -0.25) is 19.2 Å². The summed E-state index contributed by atoms with van der Waals surface area (Å²) in [7, 11) is 0. The molecule has 5 saturated heterocycles. The van der Waals surface area contributed by atoms with Crippen molar-refractivity contribution in [3.8, 4) is 0 Å². The van der Waals surface area contributed by atoms with Crippen LogP contribution >= 0.6 is 0 Å². The summed E-state index contributed by atoms with van der Waals surface area (Å²) in [4.78, 5) is 58.1. The van der Waals surface area contributed by atoms with E-state index in [9.17, 15) is 19.2 Å². The number of hydrogen-bond donors (Lipinski definition) is 0. The highest BCUT2D eigenvalue weighted by Crippen LogP contribution is 2.38. The fourth-order valence-electron chi connectivity index (χ4n) is 9.42. The van der Waals surface area contributed by atoms with E-state index in [-0.39, 0.29) is 17.7 Å². The SMILES string of the molecule is CC.CC.CC(C)C(=O)N1CCC1.CC(C)C(=O)N1CCCCC1.CC(C)N1CC2CCCC2C1.CC(C)N1CCCC1=O.CC(C)N1CCCCC1.CC(C)N1Cc2ccccc2C1=O. The summed E-state index contributed by atoms with van der Waals surface area (Å²) < 4.78 is 0. The molecular formula is C56H104N6O4. The maximum absolute atomic E-state index is 11.8. The zero-order chi connectivity index (χ0) is 49.9. The van der Waals surface area contributed by atoms with Gasteiger partial charge in [-0.1, -0.05) is 86.4 Å². The molecule has 66 heavy (non-hydrogen) atoms. The fraction of sp³-hybridized carbons (Fsp3) is 0.821. The van der Waals surface area contributed by atoms with Crippen LogP contribution < -0.4 is 0 Å². The second-order valence-electron chi connectivity index (χ2n) is 20.5. The third kappa shape index (κ3) is 21.1. The molecule has 10 heteroatoms. The molecular weight excluding hydrogens is 821 g/mol. The molecule has 0 bridgehead atoms. The number of likely N-dealkylation sites (tertiary alicyclic amines) is 5. The molecule has 8 rings (SSSR count). The lowest BCUT2D eigenvalue weighted by atomic mass is 10.0. The van der Waals surface area contributed by atoms with Gasteiger partial charge in [-0.2, -0.15) is 0 Å². The molecule has 4 amide bonds. The normalized spacial score (nSPS) is 21.1. The maximum Gasteiger partial charge on any atom is 0.254 e. The van der Waals surface area contributed by atoms with Crippen molar-refractivity contribution in [1.82, 2.24) is 29.4 Å². The van der Waals surface area contributed by atoms with Gasteiger partial charge in [0.05, 0.1) is 0 Å². The Morgan fingerprint density at radius 1 is 0.485 bits per heavy atom. The largest absolute Gasteiger partial charge is 0.342 e. The van der Waals surface area contributed by atoms with Crippen LogP contribution in [0.3, 0.4) is 0 Å². The van der Waals surface area contributed by atoms with Crippen LogP contribution in [0.1, 0.15) is 204 Å². The standard InChI is InChI=1S/C11H13NO.C10H19N.C9H17NO.C8H17N.2C7H13NO.2C2H6/c1-8(2)12-7-9-5-3-4-6-10(9)11(12)13;1-8(2)11-6-9-4-3-5-10(9)7-11;1-8(2)9(11)10-6-4-3-5-7-10;1-8(2)9-6-4-3-5-7-9;1-6(2)7(9)8-4-3-5-8;1-6(2)8-5-3-4-7(8)9;2*1-2/h3-6,8H,7H2,1-2H3;8-10H,3-7H2,1-2H3;8H,3-7H2,1-2H3;8H,3-7H2,1-2H3;2*6H,3-5H2,1-2H3;2*1-2H3. The van der Waals surface area contributed by atoms with Gasteiger partial charge < -0.3 is 29.4 Å². The second kappa shape index (κ2) is 33.5. The zero-order valence-corrected chi connectivity index (χ0v) is 45.8. The monoisotopic (exact) mass is 925 g/mol. The minimum atomic E-state index is 0.172. The van der Waals surface area contributed by atoms with E-state index in [1.165, 1.54) is 90.4 Å². The van der Waals surface area contributed by atoms with E-state index in [1.807, 2.05) is 113 Å². The molecule has 6 fully saturated rings. The summed E-state index contributed by atoms with van der Waals surface area (Å²) in [5.74, 6) is 3.62. The smallest absolute Gasteiger partial charge is 0.254 e. The van der Waals surface area contributed by atoms with Gasteiger partial charge in [-0.25, -0.2) is 0 Å². The first-order valence-corrected chi connectivity index (χ1v) is 27.2. The lowest BCUT2D eigenvalue weighted by molar-refractivity contribution is -0.138. The number of fused-ring (bicyclic) bond motifs is 2. The summed E-state index contributed by atoms with van der Waals surface area (Å²) in [5, 5.41) is 0. The molecule has 1 aromatic rings. The van der Waals surface area contributed by atoms with Gasteiger partial charge in [-0.05, 0) is 150 Å². The molecule has 6 aliphatic heterocycles. The molecule has 1 saturated carbocycles. The molecule has 382 valence electrons. The van der Waals surface area contributed by atoms with E-state index in [2.05, 4.69) is 51.3 Å². The predicted octanol–water partition coefficient (Wildman–Crippen LogP) is 11.7. The van der Waals surface area contributed by atoms with Crippen LogP contribution in [0.4, 0.5) is 0 Å². The van der Waals surface area contributed by atoms with Crippen molar-refractivity contribution >= 4 is 23.6 Å². The van der Waals surface area contributed by atoms with Crippen LogP contribution in [0.15, 0.2) is 24.3 Å². The van der Waals surface area contributed by atoms with Crippen LogP contribution in [0.5, 0.6) is 0 Å². The lowest BCUT2D eigenvalue weighted by Crippen LogP contribution is -2.44. The van der Waals surface area contributed by atoms with E-state index in [1.54, 1.807) is 0 Å². The van der Waals surface area contributed by atoms with Gasteiger partial charge in [0.25, 0.3) is 5.91 Å². The van der Waals surface area contributed by atoms with Gasteiger partial charge in [-0.15, -0.1) is 0 Å². The first-order valence-electron chi connectivity index (χ1n) is 27.2. The fourth-order valence-corrected chi connectivity index (χ4v) is 9.42. The summed E-state index contributed by atoms with van der Waals surface area (Å²) >= 11 is 0. The molecule has 2 atom stereocenters. The van der Waals surface area contributed by atoms with E-state index >= 15 is 0 Å². The number of nitrogens with zero attached hydrogens (tertiary/aromatic N) is 6. The summed E-state index contributed by atoms with van der Waals surface area (Å²) in [6.07, 6.45) is 15.5. The Morgan fingerprint density at radius 3 is 1.26 bits per heavy atom. The summed E-state index contributed by atoms with van der Waals surface area (Å²) in [5.41, 5.74) is 2.03. The van der Waals surface area contributed by atoms with Crippen LogP contribution in [-0.4, -0.2) is 136 Å². The zero-order valence-electron chi connectivity index (χ0n) is 45.8. The molecule has 0 N–H and O–H groups in total. The summed E-state index contributed by atoms with van der Waals surface area (Å²) in [6, 6.07) is 10.1. The molecule has 0 spiro atoms. The van der Waals surface area contributed by atoms with Crippen LogP contribution in [0.25, 0.3) is 0 Å². The van der Waals surface area contributed by atoms with Crippen molar-refractivity contribution in [2.24, 2.45) is 23.7 Å². The van der Waals surface area contributed by atoms with Crippen molar-refractivity contribution in [1.29, 1.82) is 0 Å². The molecule has 2 unspecified atom stereocenters. The number of carbonyl (C=O) groups is 4. The highest BCUT2D eigenvalue weighted by molar-refractivity contribution is 5.98. The first kappa shape index (κ1) is 61.0. The molecule has 1 aromatic carbocycles. The highest BCUT2D eigenvalue weighted by Gasteiger charge is 2.36. The van der Waals surface area contributed by atoms with Crippen molar-refractivity contribution in [2.45, 2.75) is 219 Å².